The summed E-state index contributed by atoms with van der Waals surface area (Å²) in [6.45, 7) is 4.39. The zero-order chi connectivity index (χ0) is 26.6. The van der Waals surface area contributed by atoms with Gasteiger partial charge in [-0.15, -0.1) is 0 Å². The third kappa shape index (κ3) is 5.81. The number of halogens is 2. The molecule has 1 amide bonds. The summed E-state index contributed by atoms with van der Waals surface area (Å²) >= 11 is 13.6. The molecule has 0 spiro atoms. The molecule has 0 aliphatic carbocycles. The van der Waals surface area contributed by atoms with Gasteiger partial charge in [-0.1, -0.05) is 77.8 Å². The smallest absolute Gasteiger partial charge is 0.271 e. The molecule has 1 heterocycles. The van der Waals surface area contributed by atoms with Gasteiger partial charge in [0.05, 0.1) is 16.3 Å². The van der Waals surface area contributed by atoms with Crippen LogP contribution in [0.25, 0.3) is 6.08 Å². The molecule has 190 valence electrons. The molecule has 38 heavy (non-hydrogen) atoms. The number of hydrogen-bond donors (Lipinski definition) is 0. The average molecular weight is 560 g/mol. The summed E-state index contributed by atoms with van der Waals surface area (Å²) in [5, 5.41) is 1.78. The van der Waals surface area contributed by atoms with Crippen molar-refractivity contribution in [3.63, 3.8) is 0 Å². The number of nitrogens with zero attached hydrogens (tertiary/aromatic N) is 2. The van der Waals surface area contributed by atoms with Crippen LogP contribution in [0.2, 0.25) is 10.0 Å². The highest BCUT2D eigenvalue weighted by Crippen LogP contribution is 2.38. The predicted octanol–water partition coefficient (Wildman–Crippen LogP) is 9.00. The number of amides is 1. The maximum absolute atomic E-state index is 13.6. The lowest BCUT2D eigenvalue weighted by Gasteiger charge is -2.16. The first-order valence-electron chi connectivity index (χ1n) is 12.0. The number of hydrogen-bond acceptors (Lipinski definition) is 4. The number of rotatable bonds is 6. The van der Waals surface area contributed by atoms with Crippen molar-refractivity contribution in [2.24, 2.45) is 4.99 Å². The van der Waals surface area contributed by atoms with Gasteiger partial charge in [-0.3, -0.25) is 9.69 Å². The molecule has 0 saturated carbocycles. The Morgan fingerprint density at radius 2 is 1.61 bits per heavy atom. The van der Waals surface area contributed by atoms with E-state index in [9.17, 15) is 4.79 Å². The predicted molar refractivity (Wildman–Crippen MR) is 160 cm³/mol. The molecule has 1 aliphatic heterocycles. The van der Waals surface area contributed by atoms with E-state index in [2.05, 4.69) is 0 Å². The number of aliphatic imine (C=N–C) groups is 1. The number of para-hydroxylation sites is 2. The standard InChI is InChI=1S/C31H24Cl2N2O2S/c1-20-7-6-8-21(2)29(20)34-31-35(25-9-4-3-5-10-25)30(36)28(38-31)17-22-11-15-26(16-12-22)37-19-23-13-14-24(32)18-27(23)33/h3-18H,19H2,1-2H3/b28-17-,34-31?. The second-order valence-corrected chi connectivity index (χ2v) is 10.7. The maximum atomic E-state index is 13.6. The van der Waals surface area contributed by atoms with Crippen molar-refractivity contribution in [3.05, 3.63) is 128 Å². The van der Waals surface area contributed by atoms with Crippen molar-refractivity contribution < 1.29 is 9.53 Å². The van der Waals surface area contributed by atoms with E-state index in [0.29, 0.717) is 32.5 Å². The molecule has 0 radical (unpaired) electrons. The van der Waals surface area contributed by atoms with E-state index in [1.54, 1.807) is 17.0 Å². The first-order chi connectivity index (χ1) is 18.4. The van der Waals surface area contributed by atoms with Gasteiger partial charge in [0.1, 0.15) is 12.4 Å². The van der Waals surface area contributed by atoms with E-state index < -0.39 is 0 Å². The fraction of sp³-hybridized carbons (Fsp3) is 0.0968. The van der Waals surface area contributed by atoms with Gasteiger partial charge in [0.25, 0.3) is 5.91 Å². The number of thioether (sulfide) groups is 1. The summed E-state index contributed by atoms with van der Waals surface area (Å²) in [6, 6.07) is 28.6. The van der Waals surface area contributed by atoms with Crippen LogP contribution >= 0.6 is 35.0 Å². The highest BCUT2D eigenvalue weighted by Gasteiger charge is 2.34. The fourth-order valence-electron chi connectivity index (χ4n) is 4.04. The Bertz CT molecular complexity index is 1530. The molecule has 0 aromatic heterocycles. The molecule has 1 fully saturated rings. The van der Waals surface area contributed by atoms with Crippen molar-refractivity contribution in [1.82, 2.24) is 0 Å². The van der Waals surface area contributed by atoms with Gasteiger partial charge in [-0.05, 0) is 84.8 Å². The molecule has 0 bridgehead atoms. The summed E-state index contributed by atoms with van der Waals surface area (Å²) in [5.41, 5.74) is 5.53. The van der Waals surface area contributed by atoms with E-state index in [1.165, 1.54) is 11.8 Å². The molecule has 1 aliphatic rings. The molecule has 0 unspecified atom stereocenters. The van der Waals surface area contributed by atoms with Gasteiger partial charge >= 0.3 is 0 Å². The molecule has 5 rings (SSSR count). The first-order valence-corrected chi connectivity index (χ1v) is 13.6. The van der Waals surface area contributed by atoms with Crippen LogP contribution in [0.5, 0.6) is 5.75 Å². The first kappa shape index (κ1) is 26.1. The fourth-order valence-corrected chi connectivity index (χ4v) is 5.49. The van der Waals surface area contributed by atoms with E-state index in [0.717, 1.165) is 33.6 Å². The SMILES string of the molecule is Cc1cccc(C)c1N=C1S/C(=C\c2ccc(OCc3ccc(Cl)cc3Cl)cc2)C(=O)N1c1ccccc1. The summed E-state index contributed by atoms with van der Waals surface area (Å²) in [5.74, 6) is 0.593. The van der Waals surface area contributed by atoms with E-state index in [1.807, 2.05) is 98.8 Å². The van der Waals surface area contributed by atoms with Crippen molar-refractivity contribution in [2.45, 2.75) is 20.5 Å². The van der Waals surface area contributed by atoms with E-state index >= 15 is 0 Å². The minimum atomic E-state index is -0.108. The second kappa shape index (κ2) is 11.5. The number of carbonyl (C=O) groups is 1. The minimum absolute atomic E-state index is 0.108. The molecule has 4 aromatic carbocycles. The maximum Gasteiger partial charge on any atom is 0.271 e. The van der Waals surface area contributed by atoms with Crippen molar-refractivity contribution in [3.8, 4) is 5.75 Å². The monoisotopic (exact) mass is 558 g/mol. The molecule has 4 aromatic rings. The van der Waals surface area contributed by atoms with Gasteiger partial charge < -0.3 is 4.74 Å². The van der Waals surface area contributed by atoms with Crippen LogP contribution in [-0.4, -0.2) is 11.1 Å². The van der Waals surface area contributed by atoms with E-state index in [4.69, 9.17) is 32.9 Å². The largest absolute Gasteiger partial charge is 0.489 e. The number of aryl methyl sites for hydroxylation is 2. The Morgan fingerprint density at radius 1 is 0.895 bits per heavy atom. The molecule has 7 heteroatoms. The Labute approximate surface area is 236 Å². The van der Waals surface area contributed by atoms with Crippen LogP contribution in [0.15, 0.2) is 101 Å². The van der Waals surface area contributed by atoms with Crippen LogP contribution in [0.4, 0.5) is 11.4 Å². The lowest BCUT2D eigenvalue weighted by Crippen LogP contribution is -2.28. The second-order valence-electron chi connectivity index (χ2n) is 8.81. The molecular weight excluding hydrogens is 535 g/mol. The number of carbonyl (C=O) groups excluding carboxylic acids is 1. The third-order valence-electron chi connectivity index (χ3n) is 6.06. The van der Waals surface area contributed by atoms with Crippen molar-refractivity contribution in [1.29, 1.82) is 0 Å². The lowest BCUT2D eigenvalue weighted by molar-refractivity contribution is -0.113. The van der Waals surface area contributed by atoms with Crippen molar-refractivity contribution in [2.75, 3.05) is 4.90 Å². The van der Waals surface area contributed by atoms with Crippen LogP contribution in [0.1, 0.15) is 22.3 Å². The zero-order valence-electron chi connectivity index (χ0n) is 20.8. The summed E-state index contributed by atoms with van der Waals surface area (Å²) in [4.78, 5) is 20.8. The van der Waals surface area contributed by atoms with Gasteiger partial charge in [0.15, 0.2) is 5.17 Å². The Balaban J connectivity index is 1.40. The molecule has 4 nitrogen and oxygen atoms in total. The Hall–Kier alpha value is -3.51. The quantitative estimate of drug-likeness (QED) is 0.222. The normalized spacial score (nSPS) is 15.5. The number of benzene rings is 4. The Kier molecular flexibility index (Phi) is 7.89. The topological polar surface area (TPSA) is 41.9 Å². The van der Waals surface area contributed by atoms with Crippen LogP contribution in [-0.2, 0) is 11.4 Å². The lowest BCUT2D eigenvalue weighted by atomic mass is 10.1. The average Bonchev–Trinajstić information content (AvgIpc) is 3.21. The number of anilines is 1. The van der Waals surface area contributed by atoms with Crippen LogP contribution < -0.4 is 9.64 Å². The highest BCUT2D eigenvalue weighted by atomic mass is 35.5. The third-order valence-corrected chi connectivity index (χ3v) is 7.61. The summed E-state index contributed by atoms with van der Waals surface area (Å²) < 4.78 is 5.89. The van der Waals surface area contributed by atoms with Gasteiger partial charge in [-0.2, -0.15) is 0 Å². The molecule has 0 N–H and O–H groups in total. The zero-order valence-corrected chi connectivity index (χ0v) is 23.1. The van der Waals surface area contributed by atoms with Gasteiger partial charge in [-0.25, -0.2) is 4.99 Å². The molecule has 1 saturated heterocycles. The van der Waals surface area contributed by atoms with Crippen LogP contribution in [0.3, 0.4) is 0 Å². The van der Waals surface area contributed by atoms with E-state index in [-0.39, 0.29) is 5.91 Å². The number of ether oxygens (including phenoxy) is 1. The molecular formula is C31H24Cl2N2O2S. The van der Waals surface area contributed by atoms with Gasteiger partial charge in [0.2, 0.25) is 0 Å². The minimum Gasteiger partial charge on any atom is -0.489 e. The van der Waals surface area contributed by atoms with Gasteiger partial charge in [0, 0.05) is 15.6 Å². The highest BCUT2D eigenvalue weighted by molar-refractivity contribution is 8.19. The number of amidine groups is 1. The van der Waals surface area contributed by atoms with Crippen molar-refractivity contribution >= 4 is 63.5 Å². The van der Waals surface area contributed by atoms with Crippen LogP contribution in [0, 0.1) is 13.8 Å². The molecule has 0 atom stereocenters. The summed E-state index contributed by atoms with van der Waals surface area (Å²) in [7, 11) is 0. The Morgan fingerprint density at radius 3 is 2.29 bits per heavy atom. The summed E-state index contributed by atoms with van der Waals surface area (Å²) in [6.07, 6.45) is 1.88.